The zero-order valence-corrected chi connectivity index (χ0v) is 10.7. The molecule has 4 heteroatoms. The lowest BCUT2D eigenvalue weighted by atomic mass is 9.98. The quantitative estimate of drug-likeness (QED) is 0.901. The van der Waals surface area contributed by atoms with Gasteiger partial charge in [-0.25, -0.2) is 4.39 Å². The lowest BCUT2D eigenvalue weighted by Gasteiger charge is -2.34. The molecule has 1 fully saturated rings. The molecule has 1 saturated heterocycles. The number of hydrogen-bond donors (Lipinski definition) is 1. The summed E-state index contributed by atoms with van der Waals surface area (Å²) in [5.74, 6) is 0.0708. The number of benzene rings is 1. The highest BCUT2D eigenvalue weighted by molar-refractivity contribution is 5.91. The summed E-state index contributed by atoms with van der Waals surface area (Å²) < 4.78 is 13.2. The van der Waals surface area contributed by atoms with E-state index in [0.29, 0.717) is 11.4 Å². The van der Waals surface area contributed by atoms with E-state index in [0.717, 1.165) is 37.0 Å². The molecule has 3 rings (SSSR count). The molecule has 3 nitrogen and oxygen atoms in total. The minimum Gasteiger partial charge on any atom is -0.396 e. The molecule has 19 heavy (non-hydrogen) atoms. The van der Waals surface area contributed by atoms with Crippen LogP contribution < -0.4 is 4.90 Å². The van der Waals surface area contributed by atoms with Gasteiger partial charge >= 0.3 is 0 Å². The molecule has 1 N–H and O–H groups in total. The third-order valence-electron chi connectivity index (χ3n) is 3.80. The van der Waals surface area contributed by atoms with Crippen LogP contribution in [-0.4, -0.2) is 29.8 Å². The molecule has 0 aliphatic carbocycles. The fourth-order valence-electron chi connectivity index (χ4n) is 2.81. The van der Waals surface area contributed by atoms with Gasteiger partial charge in [0.2, 0.25) is 0 Å². The molecule has 1 aliphatic rings. The van der Waals surface area contributed by atoms with E-state index in [-0.39, 0.29) is 12.4 Å². The second-order valence-corrected chi connectivity index (χ2v) is 5.13. The first-order valence-electron chi connectivity index (χ1n) is 6.68. The Balaban J connectivity index is 2.00. The normalized spacial score (nSPS) is 19.9. The Morgan fingerprint density at radius 2 is 2.26 bits per heavy atom. The number of anilines is 1. The van der Waals surface area contributed by atoms with Crippen LogP contribution in [0.4, 0.5) is 10.1 Å². The average Bonchev–Trinajstić information content (AvgIpc) is 2.46. The van der Waals surface area contributed by atoms with Gasteiger partial charge in [-0.2, -0.15) is 0 Å². The Hall–Kier alpha value is -1.68. The van der Waals surface area contributed by atoms with E-state index in [1.54, 1.807) is 12.3 Å². The number of halogens is 1. The number of aliphatic hydroxyl groups excluding tert-OH is 1. The van der Waals surface area contributed by atoms with E-state index in [2.05, 4.69) is 9.88 Å². The zero-order chi connectivity index (χ0) is 13.2. The predicted molar refractivity (Wildman–Crippen MR) is 73.7 cm³/mol. The molecular formula is C15H17FN2O. The van der Waals surface area contributed by atoms with E-state index in [4.69, 9.17) is 0 Å². The van der Waals surface area contributed by atoms with Crippen molar-refractivity contribution in [2.45, 2.75) is 12.8 Å². The van der Waals surface area contributed by atoms with Crippen LogP contribution in [0.2, 0.25) is 0 Å². The van der Waals surface area contributed by atoms with Gasteiger partial charge in [0, 0.05) is 43.0 Å². The molecule has 1 aliphatic heterocycles. The van der Waals surface area contributed by atoms with Crippen LogP contribution in [0.15, 0.2) is 30.5 Å². The van der Waals surface area contributed by atoms with Crippen LogP contribution in [0.1, 0.15) is 12.8 Å². The highest BCUT2D eigenvalue weighted by Gasteiger charge is 2.20. The molecule has 1 aromatic heterocycles. The van der Waals surface area contributed by atoms with Gasteiger partial charge in [0.05, 0.1) is 5.52 Å². The Morgan fingerprint density at radius 1 is 1.37 bits per heavy atom. The van der Waals surface area contributed by atoms with Crippen molar-refractivity contribution in [3.8, 4) is 0 Å². The molecule has 1 unspecified atom stereocenters. The Morgan fingerprint density at radius 3 is 3.11 bits per heavy atom. The van der Waals surface area contributed by atoms with Gasteiger partial charge in [0.25, 0.3) is 0 Å². The number of piperidine rings is 1. The first-order valence-corrected chi connectivity index (χ1v) is 6.68. The second-order valence-electron chi connectivity index (χ2n) is 5.13. The van der Waals surface area contributed by atoms with Gasteiger partial charge in [-0.3, -0.25) is 4.98 Å². The van der Waals surface area contributed by atoms with Gasteiger partial charge in [0.1, 0.15) is 5.82 Å². The molecule has 0 radical (unpaired) electrons. The minimum absolute atomic E-state index is 0.230. The molecule has 0 spiro atoms. The van der Waals surface area contributed by atoms with Crippen molar-refractivity contribution in [1.82, 2.24) is 4.98 Å². The van der Waals surface area contributed by atoms with Gasteiger partial charge < -0.3 is 10.0 Å². The van der Waals surface area contributed by atoms with Crippen molar-refractivity contribution < 1.29 is 9.50 Å². The number of pyridine rings is 1. The van der Waals surface area contributed by atoms with Crippen LogP contribution in [-0.2, 0) is 0 Å². The number of nitrogens with zero attached hydrogens (tertiary/aromatic N) is 2. The summed E-state index contributed by atoms with van der Waals surface area (Å²) in [6.07, 6.45) is 3.88. The fourth-order valence-corrected chi connectivity index (χ4v) is 2.81. The predicted octanol–water partition coefficient (Wildman–Crippen LogP) is 2.58. The maximum Gasteiger partial charge on any atom is 0.125 e. The lowest BCUT2D eigenvalue weighted by molar-refractivity contribution is 0.209. The first kappa shape index (κ1) is 12.4. The number of aliphatic hydroxyl groups is 1. The SMILES string of the molecule is OCC1CCCN(c2ccnc3cc(F)ccc23)C1. The van der Waals surface area contributed by atoms with E-state index < -0.39 is 0 Å². The zero-order valence-electron chi connectivity index (χ0n) is 10.7. The summed E-state index contributed by atoms with van der Waals surface area (Å²) >= 11 is 0. The van der Waals surface area contributed by atoms with Crippen LogP contribution in [0.25, 0.3) is 10.9 Å². The number of aromatic nitrogens is 1. The smallest absolute Gasteiger partial charge is 0.125 e. The molecule has 100 valence electrons. The molecule has 0 amide bonds. The summed E-state index contributed by atoms with van der Waals surface area (Å²) in [5.41, 5.74) is 1.77. The van der Waals surface area contributed by atoms with Crippen molar-refractivity contribution in [2.75, 3.05) is 24.6 Å². The average molecular weight is 260 g/mol. The van der Waals surface area contributed by atoms with E-state index in [1.165, 1.54) is 12.1 Å². The first-order chi connectivity index (χ1) is 9.28. The van der Waals surface area contributed by atoms with Crippen molar-refractivity contribution in [3.05, 3.63) is 36.3 Å². The molecule has 0 saturated carbocycles. The number of fused-ring (bicyclic) bond motifs is 1. The molecule has 1 atom stereocenters. The standard InChI is InChI=1S/C15H17FN2O/c16-12-3-4-13-14(8-12)17-6-5-15(13)18-7-1-2-11(9-18)10-19/h3-6,8,11,19H,1-2,7,9-10H2. The molecule has 2 aromatic rings. The summed E-state index contributed by atoms with van der Waals surface area (Å²) in [5, 5.41) is 10.3. The molecule has 0 bridgehead atoms. The largest absolute Gasteiger partial charge is 0.396 e. The van der Waals surface area contributed by atoms with Gasteiger partial charge in [-0.1, -0.05) is 0 Å². The van der Waals surface area contributed by atoms with Crippen molar-refractivity contribution in [3.63, 3.8) is 0 Å². The maximum absolute atomic E-state index is 13.2. The summed E-state index contributed by atoms with van der Waals surface area (Å²) in [7, 11) is 0. The van der Waals surface area contributed by atoms with Crippen molar-refractivity contribution >= 4 is 16.6 Å². The lowest BCUT2D eigenvalue weighted by Crippen LogP contribution is -2.36. The van der Waals surface area contributed by atoms with Crippen LogP contribution in [0.3, 0.4) is 0 Å². The van der Waals surface area contributed by atoms with Crippen LogP contribution in [0, 0.1) is 11.7 Å². The highest BCUT2D eigenvalue weighted by Crippen LogP contribution is 2.29. The fraction of sp³-hybridized carbons (Fsp3) is 0.400. The third-order valence-corrected chi connectivity index (χ3v) is 3.80. The highest BCUT2D eigenvalue weighted by atomic mass is 19.1. The van der Waals surface area contributed by atoms with E-state index in [9.17, 15) is 9.50 Å². The van der Waals surface area contributed by atoms with Crippen LogP contribution in [0.5, 0.6) is 0 Å². The second kappa shape index (κ2) is 5.13. The van der Waals surface area contributed by atoms with Gasteiger partial charge in [-0.05, 0) is 37.0 Å². The molecule has 2 heterocycles. The Bertz CT molecular complexity index is 587. The number of rotatable bonds is 2. The summed E-state index contributed by atoms with van der Waals surface area (Å²) in [4.78, 5) is 6.49. The molecule has 1 aromatic carbocycles. The minimum atomic E-state index is -0.260. The summed E-state index contributed by atoms with van der Waals surface area (Å²) in [6.45, 7) is 2.06. The van der Waals surface area contributed by atoms with E-state index >= 15 is 0 Å². The molecular weight excluding hydrogens is 243 g/mol. The van der Waals surface area contributed by atoms with Gasteiger partial charge in [-0.15, -0.1) is 0 Å². The Kier molecular flexibility index (Phi) is 3.34. The maximum atomic E-state index is 13.2. The Labute approximate surface area is 111 Å². The van der Waals surface area contributed by atoms with Crippen molar-refractivity contribution in [1.29, 1.82) is 0 Å². The van der Waals surface area contributed by atoms with Crippen LogP contribution >= 0.6 is 0 Å². The van der Waals surface area contributed by atoms with Gasteiger partial charge in [0.15, 0.2) is 0 Å². The topological polar surface area (TPSA) is 36.4 Å². The van der Waals surface area contributed by atoms with Crippen molar-refractivity contribution in [2.24, 2.45) is 5.92 Å². The summed E-state index contributed by atoms with van der Waals surface area (Å²) in [6, 6.07) is 6.70. The monoisotopic (exact) mass is 260 g/mol. The third kappa shape index (κ3) is 2.40. The van der Waals surface area contributed by atoms with E-state index in [1.807, 2.05) is 6.07 Å². The number of hydrogen-bond acceptors (Lipinski definition) is 3.